The minimum absolute atomic E-state index is 0.0369. The molecule has 1 aromatic rings. The normalized spacial score (nSPS) is 23.1. The second-order valence-electron chi connectivity index (χ2n) is 5.09. The van der Waals surface area contributed by atoms with Gasteiger partial charge >= 0.3 is 0 Å². The Kier molecular flexibility index (Phi) is 4.24. The highest BCUT2D eigenvalue weighted by molar-refractivity contribution is 7.10. The van der Waals surface area contributed by atoms with Crippen LogP contribution in [0.4, 0.5) is 0 Å². The van der Waals surface area contributed by atoms with Crippen molar-refractivity contribution in [3.8, 4) is 0 Å². The quantitative estimate of drug-likeness (QED) is 0.919. The van der Waals surface area contributed by atoms with E-state index in [9.17, 15) is 9.59 Å². The van der Waals surface area contributed by atoms with Gasteiger partial charge in [-0.25, -0.2) is 0 Å². The molecule has 1 aromatic heterocycles. The van der Waals surface area contributed by atoms with Crippen LogP contribution in [0.25, 0.3) is 0 Å². The predicted octanol–water partition coefficient (Wildman–Crippen LogP) is 2.18. The maximum Gasteiger partial charge on any atom is 0.246 e. The van der Waals surface area contributed by atoms with Gasteiger partial charge in [-0.2, -0.15) is 0 Å². The van der Waals surface area contributed by atoms with Gasteiger partial charge in [-0.15, -0.1) is 11.3 Å². The standard InChI is InChI=1S/C14H20N2O2S/c1-4-9(2)13-14(18)16(8-12(17)15-13)10(3)11-6-5-7-19-11/h5-7,9-10,13H,4,8H2,1-3H3,(H,15,17). The van der Waals surface area contributed by atoms with Crippen LogP contribution in [0.3, 0.4) is 0 Å². The summed E-state index contributed by atoms with van der Waals surface area (Å²) in [4.78, 5) is 27.2. The number of rotatable bonds is 4. The first-order valence-corrected chi connectivity index (χ1v) is 7.55. The minimum Gasteiger partial charge on any atom is -0.342 e. The van der Waals surface area contributed by atoms with Crippen LogP contribution in [0.5, 0.6) is 0 Å². The van der Waals surface area contributed by atoms with Gasteiger partial charge in [-0.3, -0.25) is 9.59 Å². The Hall–Kier alpha value is -1.36. The molecular formula is C14H20N2O2S. The van der Waals surface area contributed by atoms with Gasteiger partial charge in [0.05, 0.1) is 6.04 Å². The van der Waals surface area contributed by atoms with E-state index in [1.807, 2.05) is 38.3 Å². The fraction of sp³-hybridized carbons (Fsp3) is 0.571. The number of nitrogens with zero attached hydrogens (tertiary/aromatic N) is 1. The first-order chi connectivity index (χ1) is 9.04. The molecule has 1 N–H and O–H groups in total. The Morgan fingerprint density at radius 1 is 1.47 bits per heavy atom. The van der Waals surface area contributed by atoms with Crippen LogP contribution in [-0.2, 0) is 9.59 Å². The molecule has 2 rings (SSSR count). The molecule has 0 saturated carbocycles. The molecule has 0 bridgehead atoms. The van der Waals surface area contributed by atoms with E-state index in [1.165, 1.54) is 0 Å². The van der Waals surface area contributed by atoms with Crippen LogP contribution < -0.4 is 5.32 Å². The molecule has 1 fully saturated rings. The Morgan fingerprint density at radius 3 is 2.79 bits per heavy atom. The summed E-state index contributed by atoms with van der Waals surface area (Å²) in [6, 6.07) is 3.56. The summed E-state index contributed by atoms with van der Waals surface area (Å²) in [6.07, 6.45) is 0.873. The third-order valence-corrected chi connectivity index (χ3v) is 4.86. The molecule has 0 aromatic carbocycles. The Balaban J connectivity index is 2.20. The molecule has 104 valence electrons. The van der Waals surface area contributed by atoms with E-state index in [0.29, 0.717) is 0 Å². The molecule has 3 atom stereocenters. The fourth-order valence-electron chi connectivity index (χ4n) is 2.32. The van der Waals surface area contributed by atoms with Crippen molar-refractivity contribution in [1.29, 1.82) is 0 Å². The van der Waals surface area contributed by atoms with E-state index in [2.05, 4.69) is 5.32 Å². The molecule has 4 nitrogen and oxygen atoms in total. The van der Waals surface area contributed by atoms with Crippen LogP contribution in [0.2, 0.25) is 0 Å². The predicted molar refractivity (Wildman–Crippen MR) is 75.8 cm³/mol. The zero-order valence-corrected chi connectivity index (χ0v) is 12.4. The molecular weight excluding hydrogens is 260 g/mol. The molecule has 5 heteroatoms. The van der Waals surface area contributed by atoms with Gasteiger partial charge in [0.25, 0.3) is 0 Å². The summed E-state index contributed by atoms with van der Waals surface area (Å²) in [5.74, 6) is 0.137. The summed E-state index contributed by atoms with van der Waals surface area (Å²) in [6.45, 7) is 6.18. The second-order valence-corrected chi connectivity index (χ2v) is 6.07. The third kappa shape index (κ3) is 2.81. The average Bonchev–Trinajstić information content (AvgIpc) is 2.93. The molecule has 19 heavy (non-hydrogen) atoms. The topological polar surface area (TPSA) is 49.4 Å². The summed E-state index contributed by atoms with van der Waals surface area (Å²) >= 11 is 1.62. The zero-order valence-electron chi connectivity index (χ0n) is 11.6. The Morgan fingerprint density at radius 2 is 2.21 bits per heavy atom. The number of amides is 2. The number of piperazine rings is 1. The number of hydrogen-bond acceptors (Lipinski definition) is 3. The van der Waals surface area contributed by atoms with E-state index in [0.717, 1.165) is 11.3 Å². The monoisotopic (exact) mass is 280 g/mol. The van der Waals surface area contributed by atoms with Crippen molar-refractivity contribution in [2.75, 3.05) is 6.54 Å². The van der Waals surface area contributed by atoms with Gasteiger partial charge < -0.3 is 10.2 Å². The van der Waals surface area contributed by atoms with Gasteiger partial charge in [0, 0.05) is 4.88 Å². The highest BCUT2D eigenvalue weighted by Crippen LogP contribution is 2.27. The molecule has 1 saturated heterocycles. The molecule has 2 heterocycles. The van der Waals surface area contributed by atoms with Gasteiger partial charge in [-0.05, 0) is 24.3 Å². The third-order valence-electron chi connectivity index (χ3n) is 3.82. The number of thiophene rings is 1. The Labute approximate surface area is 117 Å². The van der Waals surface area contributed by atoms with Gasteiger partial charge in [0.1, 0.15) is 12.6 Å². The summed E-state index contributed by atoms with van der Waals surface area (Å²) < 4.78 is 0. The van der Waals surface area contributed by atoms with Gasteiger partial charge in [0.2, 0.25) is 11.8 Å². The van der Waals surface area contributed by atoms with Crippen molar-refractivity contribution in [1.82, 2.24) is 10.2 Å². The lowest BCUT2D eigenvalue weighted by Crippen LogP contribution is -2.60. The summed E-state index contributed by atoms with van der Waals surface area (Å²) in [7, 11) is 0. The largest absolute Gasteiger partial charge is 0.342 e. The second kappa shape index (κ2) is 5.74. The Bertz CT molecular complexity index is 458. The lowest BCUT2D eigenvalue weighted by Gasteiger charge is -2.38. The van der Waals surface area contributed by atoms with Crippen molar-refractivity contribution >= 4 is 23.2 Å². The molecule has 3 unspecified atom stereocenters. The molecule has 1 aliphatic heterocycles. The van der Waals surface area contributed by atoms with Crippen LogP contribution >= 0.6 is 11.3 Å². The smallest absolute Gasteiger partial charge is 0.246 e. The number of nitrogens with one attached hydrogen (secondary N) is 1. The maximum atomic E-state index is 12.5. The van der Waals surface area contributed by atoms with Crippen molar-refractivity contribution < 1.29 is 9.59 Å². The number of hydrogen-bond donors (Lipinski definition) is 1. The van der Waals surface area contributed by atoms with Crippen molar-refractivity contribution in [2.45, 2.75) is 39.3 Å². The summed E-state index contributed by atoms with van der Waals surface area (Å²) in [5, 5.41) is 4.81. The molecule has 1 aliphatic rings. The van der Waals surface area contributed by atoms with Gasteiger partial charge in [-0.1, -0.05) is 26.3 Å². The first-order valence-electron chi connectivity index (χ1n) is 6.67. The van der Waals surface area contributed by atoms with E-state index in [1.54, 1.807) is 16.2 Å². The lowest BCUT2D eigenvalue weighted by molar-refractivity contribution is -0.147. The number of carbonyl (C=O) groups excluding carboxylic acids is 2. The molecule has 0 radical (unpaired) electrons. The highest BCUT2D eigenvalue weighted by atomic mass is 32.1. The molecule has 0 aliphatic carbocycles. The van der Waals surface area contributed by atoms with Crippen molar-refractivity contribution in [3.05, 3.63) is 22.4 Å². The lowest BCUT2D eigenvalue weighted by atomic mass is 9.95. The fourth-order valence-corrected chi connectivity index (χ4v) is 3.12. The van der Waals surface area contributed by atoms with E-state index >= 15 is 0 Å². The van der Waals surface area contributed by atoms with Crippen LogP contribution in [-0.4, -0.2) is 29.3 Å². The molecule has 2 amide bonds. The van der Waals surface area contributed by atoms with Gasteiger partial charge in [0.15, 0.2) is 0 Å². The average molecular weight is 280 g/mol. The molecule has 0 spiro atoms. The van der Waals surface area contributed by atoms with E-state index in [4.69, 9.17) is 0 Å². The van der Waals surface area contributed by atoms with Crippen LogP contribution in [0.15, 0.2) is 17.5 Å². The van der Waals surface area contributed by atoms with Crippen LogP contribution in [0, 0.1) is 5.92 Å². The number of carbonyl (C=O) groups is 2. The van der Waals surface area contributed by atoms with Crippen molar-refractivity contribution in [2.24, 2.45) is 5.92 Å². The zero-order chi connectivity index (χ0) is 14.0. The highest BCUT2D eigenvalue weighted by Gasteiger charge is 2.37. The summed E-state index contributed by atoms with van der Waals surface area (Å²) in [5.41, 5.74) is 0. The SMILES string of the molecule is CCC(C)C1NC(=O)CN(C(C)c2cccs2)C1=O. The van der Waals surface area contributed by atoms with Crippen LogP contribution in [0.1, 0.15) is 38.1 Å². The van der Waals surface area contributed by atoms with E-state index < -0.39 is 0 Å². The minimum atomic E-state index is -0.381. The van der Waals surface area contributed by atoms with Crippen molar-refractivity contribution in [3.63, 3.8) is 0 Å². The van der Waals surface area contributed by atoms with E-state index in [-0.39, 0.29) is 36.4 Å². The maximum absolute atomic E-state index is 12.5. The first kappa shape index (κ1) is 14.1.